The Morgan fingerprint density at radius 3 is 2.60 bits per heavy atom. The molecule has 0 radical (unpaired) electrons. The van der Waals surface area contributed by atoms with Crippen molar-refractivity contribution in [3.8, 4) is 11.4 Å². The van der Waals surface area contributed by atoms with Gasteiger partial charge in [-0.1, -0.05) is 31.4 Å². The summed E-state index contributed by atoms with van der Waals surface area (Å²) in [4.78, 5) is 41.1. The lowest BCUT2D eigenvalue weighted by molar-refractivity contribution is -0.146. The van der Waals surface area contributed by atoms with Crippen molar-refractivity contribution in [2.24, 2.45) is 11.8 Å². The first-order chi connectivity index (χ1) is 17.1. The van der Waals surface area contributed by atoms with Gasteiger partial charge in [0.15, 0.2) is 5.82 Å². The maximum atomic E-state index is 13.5. The molecule has 186 valence electrons. The molecule has 35 heavy (non-hydrogen) atoms. The second-order valence-electron chi connectivity index (χ2n) is 9.81. The van der Waals surface area contributed by atoms with Gasteiger partial charge in [-0.25, -0.2) is 0 Å². The van der Waals surface area contributed by atoms with Crippen LogP contribution in [0.15, 0.2) is 24.3 Å². The summed E-state index contributed by atoms with van der Waals surface area (Å²) in [5.74, 6) is 1.36. The van der Waals surface area contributed by atoms with Gasteiger partial charge in [-0.3, -0.25) is 19.3 Å². The molecule has 3 aliphatic rings. The SMILES string of the molecule is CSCCC(C(=O)Nc1cccc(-c2nnc3n2CCCCC3)c1)N1C(=O)C2CCCCC2C1=O. The molecule has 1 aromatic carbocycles. The molecule has 3 heterocycles. The zero-order valence-corrected chi connectivity index (χ0v) is 21.1. The van der Waals surface area contributed by atoms with E-state index in [1.165, 1.54) is 11.3 Å². The highest BCUT2D eigenvalue weighted by molar-refractivity contribution is 7.98. The lowest BCUT2D eigenvalue weighted by Crippen LogP contribution is -2.48. The number of nitrogens with one attached hydrogen (secondary N) is 1. The van der Waals surface area contributed by atoms with Gasteiger partial charge in [0.1, 0.15) is 11.9 Å². The van der Waals surface area contributed by atoms with E-state index in [1.54, 1.807) is 11.8 Å². The van der Waals surface area contributed by atoms with Crippen LogP contribution in [0.25, 0.3) is 11.4 Å². The van der Waals surface area contributed by atoms with E-state index in [0.717, 1.165) is 68.7 Å². The highest BCUT2D eigenvalue weighted by Crippen LogP contribution is 2.39. The van der Waals surface area contributed by atoms with Crippen molar-refractivity contribution in [1.29, 1.82) is 0 Å². The molecule has 2 aromatic rings. The number of aromatic nitrogens is 3. The summed E-state index contributed by atoms with van der Waals surface area (Å²) in [6.07, 6.45) is 10.2. The zero-order valence-electron chi connectivity index (χ0n) is 20.2. The molecule has 2 aliphatic heterocycles. The number of thioether (sulfide) groups is 1. The van der Waals surface area contributed by atoms with Crippen molar-refractivity contribution in [3.63, 3.8) is 0 Å². The first kappa shape index (κ1) is 24.0. The van der Waals surface area contributed by atoms with E-state index in [0.29, 0.717) is 17.9 Å². The number of likely N-dealkylation sites (tertiary alicyclic amines) is 1. The quantitative estimate of drug-likeness (QED) is 0.585. The summed E-state index contributed by atoms with van der Waals surface area (Å²) in [6, 6.07) is 6.81. The number of hydrogen-bond acceptors (Lipinski definition) is 6. The first-order valence-electron chi connectivity index (χ1n) is 12.8. The van der Waals surface area contributed by atoms with Crippen molar-refractivity contribution >= 4 is 35.2 Å². The minimum Gasteiger partial charge on any atom is -0.324 e. The molecular weight excluding hydrogens is 462 g/mol. The van der Waals surface area contributed by atoms with Gasteiger partial charge in [-0.05, 0) is 56.2 Å². The van der Waals surface area contributed by atoms with Gasteiger partial charge in [0.25, 0.3) is 0 Å². The van der Waals surface area contributed by atoms with E-state index in [2.05, 4.69) is 20.1 Å². The Hall–Kier alpha value is -2.68. The van der Waals surface area contributed by atoms with Crippen molar-refractivity contribution in [3.05, 3.63) is 30.1 Å². The third-order valence-corrected chi connectivity index (χ3v) is 8.23. The Balaban J connectivity index is 1.37. The Kier molecular flexibility index (Phi) is 7.22. The fourth-order valence-corrected chi connectivity index (χ4v) is 6.22. The molecule has 1 saturated carbocycles. The fourth-order valence-electron chi connectivity index (χ4n) is 5.76. The topological polar surface area (TPSA) is 97.2 Å². The Morgan fingerprint density at radius 1 is 1.09 bits per heavy atom. The van der Waals surface area contributed by atoms with Crippen molar-refractivity contribution in [2.45, 2.75) is 70.4 Å². The van der Waals surface area contributed by atoms with E-state index in [1.807, 2.05) is 30.5 Å². The average Bonchev–Trinajstić information content (AvgIpc) is 3.28. The maximum absolute atomic E-state index is 13.5. The molecule has 8 nitrogen and oxygen atoms in total. The highest BCUT2D eigenvalue weighted by Gasteiger charge is 2.51. The van der Waals surface area contributed by atoms with Crippen LogP contribution in [0, 0.1) is 11.8 Å². The van der Waals surface area contributed by atoms with Gasteiger partial charge >= 0.3 is 0 Å². The molecule has 5 rings (SSSR count). The molecule has 3 amide bonds. The van der Waals surface area contributed by atoms with E-state index in [4.69, 9.17) is 0 Å². The van der Waals surface area contributed by atoms with Crippen molar-refractivity contribution in [2.75, 3.05) is 17.3 Å². The number of aryl methyl sites for hydroxylation is 1. The van der Waals surface area contributed by atoms with Crippen LogP contribution in [0.3, 0.4) is 0 Å². The molecule has 1 saturated heterocycles. The number of amides is 3. The third-order valence-electron chi connectivity index (χ3n) is 7.58. The van der Waals surface area contributed by atoms with Gasteiger partial charge in [0.2, 0.25) is 17.7 Å². The molecule has 1 N–H and O–H groups in total. The average molecular weight is 496 g/mol. The largest absolute Gasteiger partial charge is 0.324 e. The van der Waals surface area contributed by atoms with Gasteiger partial charge in [-0.2, -0.15) is 11.8 Å². The lowest BCUT2D eigenvalue weighted by Gasteiger charge is -2.26. The van der Waals surface area contributed by atoms with E-state index < -0.39 is 6.04 Å². The number of imide groups is 1. The number of benzene rings is 1. The minimum absolute atomic E-state index is 0.166. The summed E-state index contributed by atoms with van der Waals surface area (Å²) in [5.41, 5.74) is 1.52. The molecule has 2 fully saturated rings. The number of rotatable bonds is 7. The highest BCUT2D eigenvalue weighted by atomic mass is 32.2. The Morgan fingerprint density at radius 2 is 1.86 bits per heavy atom. The normalized spacial score (nSPS) is 22.9. The molecular formula is C26H33N5O3S. The van der Waals surface area contributed by atoms with Crippen LogP contribution in [0.5, 0.6) is 0 Å². The smallest absolute Gasteiger partial charge is 0.247 e. The van der Waals surface area contributed by atoms with Crippen LogP contribution >= 0.6 is 11.8 Å². The van der Waals surface area contributed by atoms with Crippen LogP contribution in [-0.2, 0) is 27.3 Å². The maximum Gasteiger partial charge on any atom is 0.247 e. The third kappa shape index (κ3) is 4.75. The summed E-state index contributed by atoms with van der Waals surface area (Å²) in [7, 11) is 0. The van der Waals surface area contributed by atoms with Gasteiger partial charge in [0, 0.05) is 24.2 Å². The van der Waals surface area contributed by atoms with Crippen LogP contribution in [0.4, 0.5) is 5.69 Å². The monoisotopic (exact) mass is 495 g/mol. The van der Waals surface area contributed by atoms with Crippen LogP contribution in [-0.4, -0.2) is 55.4 Å². The second-order valence-corrected chi connectivity index (χ2v) is 10.8. The van der Waals surface area contributed by atoms with Crippen molar-refractivity contribution in [1.82, 2.24) is 19.7 Å². The van der Waals surface area contributed by atoms with Crippen LogP contribution < -0.4 is 5.32 Å². The minimum atomic E-state index is -0.791. The van der Waals surface area contributed by atoms with Gasteiger partial charge in [0.05, 0.1) is 11.8 Å². The van der Waals surface area contributed by atoms with Crippen LogP contribution in [0.1, 0.15) is 57.2 Å². The molecule has 3 atom stereocenters. The number of carbonyl (C=O) groups is 3. The molecule has 3 unspecified atom stereocenters. The number of anilines is 1. The Labute approximate surface area is 210 Å². The standard InChI is InChI=1S/C26H33N5O3S/c1-35-15-13-21(31-25(33)19-10-4-5-11-20(19)26(31)34)24(32)27-18-9-7-8-17(16-18)23-29-28-22-12-3-2-6-14-30(22)23/h7-9,16,19-21H,2-6,10-15H2,1H3,(H,27,32). The molecule has 0 spiro atoms. The first-order valence-corrected chi connectivity index (χ1v) is 14.2. The lowest BCUT2D eigenvalue weighted by atomic mass is 9.81. The fraction of sp³-hybridized carbons (Fsp3) is 0.577. The second kappa shape index (κ2) is 10.5. The molecule has 0 bridgehead atoms. The Bertz CT molecular complexity index is 1090. The molecule has 1 aromatic heterocycles. The van der Waals surface area contributed by atoms with E-state index in [-0.39, 0.29) is 29.6 Å². The predicted octanol–water partition coefficient (Wildman–Crippen LogP) is 3.91. The predicted molar refractivity (Wildman–Crippen MR) is 136 cm³/mol. The number of hydrogen-bond donors (Lipinski definition) is 1. The van der Waals surface area contributed by atoms with Crippen molar-refractivity contribution < 1.29 is 14.4 Å². The summed E-state index contributed by atoms with van der Waals surface area (Å²) < 4.78 is 2.18. The molecule has 1 aliphatic carbocycles. The number of carbonyl (C=O) groups excluding carboxylic acids is 3. The number of fused-ring (bicyclic) bond motifs is 2. The van der Waals surface area contributed by atoms with Gasteiger partial charge < -0.3 is 9.88 Å². The summed E-state index contributed by atoms with van der Waals surface area (Å²) in [5, 5.41) is 11.8. The van der Waals surface area contributed by atoms with E-state index in [9.17, 15) is 14.4 Å². The van der Waals surface area contributed by atoms with Gasteiger partial charge in [-0.15, -0.1) is 10.2 Å². The van der Waals surface area contributed by atoms with Crippen LogP contribution in [0.2, 0.25) is 0 Å². The summed E-state index contributed by atoms with van der Waals surface area (Å²) in [6.45, 7) is 0.895. The molecule has 9 heteroatoms. The number of nitrogens with zero attached hydrogens (tertiary/aromatic N) is 4. The summed E-state index contributed by atoms with van der Waals surface area (Å²) >= 11 is 1.61. The van der Waals surface area contributed by atoms with E-state index >= 15 is 0 Å². The zero-order chi connectivity index (χ0) is 24.4.